The Morgan fingerprint density at radius 3 is 2.71 bits per heavy atom. The average Bonchev–Trinajstić information content (AvgIpc) is 2.75. The number of nitrogens with one attached hydrogen (secondary N) is 1. The summed E-state index contributed by atoms with van der Waals surface area (Å²) in [6, 6.07) is 9.18. The first-order valence-corrected chi connectivity index (χ1v) is 6.31. The average molecular weight is 234 g/mol. The predicted molar refractivity (Wildman–Crippen MR) is 71.3 cm³/mol. The fraction of sp³-hybridized carbons (Fsp3) is 0.571. The predicted octanol–water partition coefficient (Wildman–Crippen LogP) is 2.34. The van der Waals surface area contributed by atoms with E-state index in [0.29, 0.717) is 12.6 Å². The Morgan fingerprint density at radius 2 is 2.12 bits per heavy atom. The van der Waals surface area contributed by atoms with Crippen LogP contribution in [0.1, 0.15) is 18.4 Å². The van der Waals surface area contributed by atoms with Crippen molar-refractivity contribution in [3.05, 3.63) is 29.8 Å². The summed E-state index contributed by atoms with van der Waals surface area (Å²) in [5, 5.41) is 3.50. The fourth-order valence-corrected chi connectivity index (χ4v) is 2.36. The van der Waals surface area contributed by atoms with Gasteiger partial charge in [0.25, 0.3) is 0 Å². The Bertz CT molecular complexity index is 337. The highest BCUT2D eigenvalue weighted by Crippen LogP contribution is 2.16. The fourth-order valence-electron chi connectivity index (χ4n) is 2.36. The third-order valence-electron chi connectivity index (χ3n) is 3.48. The minimum Gasteiger partial charge on any atom is -0.383 e. The smallest absolute Gasteiger partial charge is 0.0713 e. The van der Waals surface area contributed by atoms with Gasteiger partial charge in [-0.15, -0.1) is 0 Å². The molecule has 1 unspecified atom stereocenters. The molecule has 0 bridgehead atoms. The molecular formula is C14H22N2O. The SMILES string of the molecule is COCc1ccc(NCC2CCCN2C)cc1. The molecule has 0 amide bonds. The second kappa shape index (κ2) is 6.03. The molecule has 0 aromatic heterocycles. The molecule has 94 valence electrons. The molecule has 3 heteroatoms. The first kappa shape index (κ1) is 12.4. The molecule has 1 aromatic rings. The monoisotopic (exact) mass is 234 g/mol. The molecule has 0 radical (unpaired) electrons. The molecule has 1 aliphatic heterocycles. The molecule has 1 N–H and O–H groups in total. The zero-order chi connectivity index (χ0) is 12.1. The van der Waals surface area contributed by atoms with Crippen molar-refractivity contribution in [3.63, 3.8) is 0 Å². The van der Waals surface area contributed by atoms with Crippen LogP contribution in [0.15, 0.2) is 24.3 Å². The molecule has 1 fully saturated rings. The van der Waals surface area contributed by atoms with Crippen molar-refractivity contribution < 1.29 is 4.74 Å². The molecule has 0 saturated carbocycles. The number of ether oxygens (including phenoxy) is 1. The number of likely N-dealkylation sites (N-methyl/N-ethyl adjacent to an activating group) is 1. The Kier molecular flexibility index (Phi) is 4.40. The second-order valence-corrected chi connectivity index (χ2v) is 4.79. The molecule has 1 saturated heterocycles. The molecule has 3 nitrogen and oxygen atoms in total. The molecule has 1 aromatic carbocycles. The van der Waals surface area contributed by atoms with Gasteiger partial charge in [-0.1, -0.05) is 12.1 Å². The number of hydrogen-bond donors (Lipinski definition) is 1. The number of nitrogens with zero attached hydrogens (tertiary/aromatic N) is 1. The van der Waals surface area contributed by atoms with E-state index < -0.39 is 0 Å². The molecule has 2 rings (SSSR count). The highest BCUT2D eigenvalue weighted by atomic mass is 16.5. The number of benzene rings is 1. The third kappa shape index (κ3) is 3.45. The van der Waals surface area contributed by atoms with E-state index in [9.17, 15) is 0 Å². The van der Waals surface area contributed by atoms with Crippen molar-refractivity contribution >= 4 is 5.69 Å². The van der Waals surface area contributed by atoms with E-state index in [1.165, 1.54) is 30.6 Å². The lowest BCUT2D eigenvalue weighted by Gasteiger charge is -2.20. The van der Waals surface area contributed by atoms with Crippen molar-refractivity contribution in [1.82, 2.24) is 4.90 Å². The molecule has 0 aliphatic carbocycles. The lowest BCUT2D eigenvalue weighted by molar-refractivity contribution is 0.185. The van der Waals surface area contributed by atoms with E-state index >= 15 is 0 Å². The number of hydrogen-bond acceptors (Lipinski definition) is 3. The minimum absolute atomic E-state index is 0.686. The zero-order valence-corrected chi connectivity index (χ0v) is 10.8. The van der Waals surface area contributed by atoms with E-state index in [4.69, 9.17) is 4.74 Å². The van der Waals surface area contributed by atoms with Crippen molar-refractivity contribution in [3.8, 4) is 0 Å². The van der Waals surface area contributed by atoms with Crippen molar-refractivity contribution in [2.75, 3.05) is 32.6 Å². The normalized spacial score (nSPS) is 20.7. The van der Waals surface area contributed by atoms with Gasteiger partial charge in [0.15, 0.2) is 0 Å². The topological polar surface area (TPSA) is 24.5 Å². The van der Waals surface area contributed by atoms with Gasteiger partial charge >= 0.3 is 0 Å². The largest absolute Gasteiger partial charge is 0.383 e. The van der Waals surface area contributed by atoms with E-state index in [1.807, 2.05) is 0 Å². The van der Waals surface area contributed by atoms with Gasteiger partial charge in [0.2, 0.25) is 0 Å². The van der Waals surface area contributed by atoms with Crippen LogP contribution < -0.4 is 5.32 Å². The summed E-state index contributed by atoms with van der Waals surface area (Å²) in [7, 11) is 3.93. The van der Waals surface area contributed by atoms with Crippen LogP contribution in [0, 0.1) is 0 Å². The highest BCUT2D eigenvalue weighted by molar-refractivity contribution is 5.44. The van der Waals surface area contributed by atoms with Crippen LogP contribution in [0.5, 0.6) is 0 Å². The van der Waals surface area contributed by atoms with E-state index in [0.717, 1.165) is 6.54 Å². The van der Waals surface area contributed by atoms with E-state index in [2.05, 4.69) is 41.5 Å². The maximum Gasteiger partial charge on any atom is 0.0713 e. The summed E-state index contributed by atoms with van der Waals surface area (Å²) in [6.07, 6.45) is 2.64. The molecule has 1 aliphatic rings. The Labute approximate surface area is 104 Å². The molecule has 1 heterocycles. The number of likely N-dealkylation sites (tertiary alicyclic amines) is 1. The van der Waals surface area contributed by atoms with Gasteiger partial charge in [0.1, 0.15) is 0 Å². The second-order valence-electron chi connectivity index (χ2n) is 4.79. The summed E-state index contributed by atoms with van der Waals surface area (Å²) in [6.45, 7) is 2.96. The maximum atomic E-state index is 5.10. The van der Waals surface area contributed by atoms with Gasteiger partial charge in [-0.2, -0.15) is 0 Å². The van der Waals surface area contributed by atoms with Crippen LogP contribution in [0.25, 0.3) is 0 Å². The maximum absolute atomic E-state index is 5.10. The lowest BCUT2D eigenvalue weighted by atomic mass is 10.2. The van der Waals surface area contributed by atoms with Crippen LogP contribution in [-0.2, 0) is 11.3 Å². The zero-order valence-electron chi connectivity index (χ0n) is 10.8. The summed E-state index contributed by atoms with van der Waals surface area (Å²) < 4.78 is 5.10. The van der Waals surface area contributed by atoms with Gasteiger partial charge in [-0.3, -0.25) is 0 Å². The molecule has 17 heavy (non-hydrogen) atoms. The van der Waals surface area contributed by atoms with Gasteiger partial charge in [0.05, 0.1) is 6.61 Å². The Balaban J connectivity index is 1.82. The van der Waals surface area contributed by atoms with Crippen molar-refractivity contribution in [2.24, 2.45) is 0 Å². The highest BCUT2D eigenvalue weighted by Gasteiger charge is 2.19. The Morgan fingerprint density at radius 1 is 1.35 bits per heavy atom. The molecule has 0 spiro atoms. The van der Waals surface area contributed by atoms with Gasteiger partial charge in [0, 0.05) is 25.4 Å². The van der Waals surface area contributed by atoms with Crippen LogP contribution >= 0.6 is 0 Å². The van der Waals surface area contributed by atoms with Gasteiger partial charge < -0.3 is 15.0 Å². The Hall–Kier alpha value is -1.06. The van der Waals surface area contributed by atoms with Crippen LogP contribution in [0.3, 0.4) is 0 Å². The standard InChI is InChI=1S/C14H22N2O/c1-16-9-3-4-14(16)10-15-13-7-5-12(6-8-13)11-17-2/h5-8,14-15H,3-4,9-11H2,1-2H3. The number of methoxy groups -OCH3 is 1. The lowest BCUT2D eigenvalue weighted by Crippen LogP contribution is -2.31. The van der Waals surface area contributed by atoms with Crippen molar-refractivity contribution in [1.29, 1.82) is 0 Å². The first-order chi connectivity index (χ1) is 8.29. The summed E-state index contributed by atoms with van der Waals surface area (Å²) >= 11 is 0. The van der Waals surface area contributed by atoms with Gasteiger partial charge in [-0.05, 0) is 44.1 Å². The summed E-state index contributed by atoms with van der Waals surface area (Å²) in [5.74, 6) is 0. The number of anilines is 1. The van der Waals surface area contributed by atoms with Gasteiger partial charge in [-0.25, -0.2) is 0 Å². The molecular weight excluding hydrogens is 212 g/mol. The minimum atomic E-state index is 0.686. The quantitative estimate of drug-likeness (QED) is 0.846. The van der Waals surface area contributed by atoms with E-state index in [-0.39, 0.29) is 0 Å². The van der Waals surface area contributed by atoms with Crippen molar-refractivity contribution in [2.45, 2.75) is 25.5 Å². The van der Waals surface area contributed by atoms with E-state index in [1.54, 1.807) is 7.11 Å². The van der Waals surface area contributed by atoms with Crippen LogP contribution in [0.2, 0.25) is 0 Å². The number of rotatable bonds is 5. The van der Waals surface area contributed by atoms with Crippen LogP contribution in [0.4, 0.5) is 5.69 Å². The first-order valence-electron chi connectivity index (χ1n) is 6.31. The third-order valence-corrected chi connectivity index (χ3v) is 3.48. The summed E-state index contributed by atoms with van der Waals surface area (Å²) in [5.41, 5.74) is 2.42. The van der Waals surface area contributed by atoms with Crippen LogP contribution in [-0.4, -0.2) is 38.2 Å². The molecule has 1 atom stereocenters. The summed E-state index contributed by atoms with van der Waals surface area (Å²) in [4.78, 5) is 2.44.